The Labute approximate surface area is 113 Å². The van der Waals surface area contributed by atoms with Crippen LogP contribution in [-0.2, 0) is 16.4 Å². The van der Waals surface area contributed by atoms with Gasteiger partial charge in [0.05, 0.1) is 11.4 Å². The molecule has 5 heteroatoms. The van der Waals surface area contributed by atoms with Crippen LogP contribution in [0.1, 0.15) is 5.56 Å². The number of rotatable bonds is 5. The Balaban J connectivity index is 1.99. The number of nitrogen functional groups attached to an aromatic ring is 1. The number of sulfonamides is 1. The number of anilines is 2. The molecule has 0 heterocycles. The molecule has 3 N–H and O–H groups in total. The maximum atomic E-state index is 11.9. The smallest absolute Gasteiger partial charge is 0.233 e. The lowest BCUT2D eigenvalue weighted by Gasteiger charge is -2.08. The van der Waals surface area contributed by atoms with Gasteiger partial charge in [0.25, 0.3) is 0 Å². The number of aryl methyl sites for hydroxylation is 1. The molecule has 100 valence electrons. The van der Waals surface area contributed by atoms with Crippen molar-refractivity contribution in [2.75, 3.05) is 16.2 Å². The monoisotopic (exact) mass is 276 g/mol. The van der Waals surface area contributed by atoms with Crippen LogP contribution in [0.3, 0.4) is 0 Å². The van der Waals surface area contributed by atoms with Gasteiger partial charge in [0, 0.05) is 5.69 Å². The van der Waals surface area contributed by atoms with Gasteiger partial charge < -0.3 is 5.73 Å². The molecular weight excluding hydrogens is 260 g/mol. The van der Waals surface area contributed by atoms with Crippen molar-refractivity contribution in [2.24, 2.45) is 0 Å². The Bertz CT molecular complexity index is 640. The van der Waals surface area contributed by atoms with Gasteiger partial charge in [-0.15, -0.1) is 0 Å². The van der Waals surface area contributed by atoms with Crippen molar-refractivity contribution in [1.82, 2.24) is 0 Å². The summed E-state index contributed by atoms with van der Waals surface area (Å²) in [6, 6.07) is 16.2. The molecule has 0 bridgehead atoms. The summed E-state index contributed by atoms with van der Waals surface area (Å²) in [6.07, 6.45) is 0.485. The standard InChI is InChI=1S/C14H16N2O2S/c15-13-7-4-8-14(11-13)16-19(17,18)10-9-12-5-2-1-3-6-12/h1-8,11,16H,9-10,15H2. The van der Waals surface area contributed by atoms with Gasteiger partial charge in [0.15, 0.2) is 0 Å². The second kappa shape index (κ2) is 5.75. The molecular formula is C14H16N2O2S. The topological polar surface area (TPSA) is 72.2 Å². The average Bonchev–Trinajstić information content (AvgIpc) is 2.37. The highest BCUT2D eigenvalue weighted by molar-refractivity contribution is 7.92. The second-order valence-corrected chi connectivity index (χ2v) is 6.12. The fourth-order valence-electron chi connectivity index (χ4n) is 1.73. The van der Waals surface area contributed by atoms with Crippen LogP contribution in [0.25, 0.3) is 0 Å². The minimum Gasteiger partial charge on any atom is -0.399 e. The Morgan fingerprint density at radius 2 is 1.74 bits per heavy atom. The quantitative estimate of drug-likeness (QED) is 0.823. The molecule has 19 heavy (non-hydrogen) atoms. The zero-order valence-corrected chi connectivity index (χ0v) is 11.2. The molecule has 2 aromatic carbocycles. The first-order valence-corrected chi connectivity index (χ1v) is 7.60. The Morgan fingerprint density at radius 1 is 1.00 bits per heavy atom. The molecule has 0 aliphatic heterocycles. The zero-order chi connectivity index (χ0) is 13.7. The van der Waals surface area contributed by atoms with E-state index in [0.717, 1.165) is 5.56 Å². The van der Waals surface area contributed by atoms with E-state index >= 15 is 0 Å². The van der Waals surface area contributed by atoms with Crippen LogP contribution < -0.4 is 10.5 Å². The first-order chi connectivity index (χ1) is 9.05. The summed E-state index contributed by atoms with van der Waals surface area (Å²) in [7, 11) is -3.36. The highest BCUT2D eigenvalue weighted by Gasteiger charge is 2.10. The van der Waals surface area contributed by atoms with E-state index in [1.165, 1.54) is 0 Å². The molecule has 0 aliphatic rings. The predicted molar refractivity (Wildman–Crippen MR) is 78.4 cm³/mol. The van der Waals surface area contributed by atoms with E-state index in [0.29, 0.717) is 17.8 Å². The summed E-state index contributed by atoms with van der Waals surface area (Å²) in [5.74, 6) is 0.0474. The number of benzene rings is 2. The van der Waals surface area contributed by atoms with Crippen LogP contribution in [0.4, 0.5) is 11.4 Å². The van der Waals surface area contributed by atoms with Crippen molar-refractivity contribution in [1.29, 1.82) is 0 Å². The van der Waals surface area contributed by atoms with Gasteiger partial charge in [-0.2, -0.15) is 0 Å². The van der Waals surface area contributed by atoms with Gasteiger partial charge in [-0.1, -0.05) is 36.4 Å². The van der Waals surface area contributed by atoms with Crippen molar-refractivity contribution in [3.05, 3.63) is 60.2 Å². The van der Waals surface area contributed by atoms with Gasteiger partial charge >= 0.3 is 0 Å². The summed E-state index contributed by atoms with van der Waals surface area (Å²) in [6.45, 7) is 0. The minimum atomic E-state index is -3.36. The normalized spacial score (nSPS) is 11.2. The third-order valence-corrected chi connectivity index (χ3v) is 3.95. The second-order valence-electron chi connectivity index (χ2n) is 4.28. The molecule has 0 fully saturated rings. The van der Waals surface area contributed by atoms with Gasteiger partial charge in [-0.25, -0.2) is 8.42 Å². The summed E-state index contributed by atoms with van der Waals surface area (Å²) in [4.78, 5) is 0. The Morgan fingerprint density at radius 3 is 2.42 bits per heavy atom. The largest absolute Gasteiger partial charge is 0.399 e. The number of nitrogens with two attached hydrogens (primary N) is 1. The first-order valence-electron chi connectivity index (χ1n) is 5.95. The maximum Gasteiger partial charge on any atom is 0.233 e. The van der Waals surface area contributed by atoms with Crippen molar-refractivity contribution >= 4 is 21.4 Å². The van der Waals surface area contributed by atoms with Gasteiger partial charge in [-0.3, -0.25) is 4.72 Å². The van der Waals surface area contributed by atoms with Gasteiger partial charge in [-0.05, 0) is 30.2 Å². The highest BCUT2D eigenvalue weighted by Crippen LogP contribution is 2.14. The number of nitrogens with one attached hydrogen (secondary N) is 1. The number of hydrogen-bond acceptors (Lipinski definition) is 3. The molecule has 0 unspecified atom stereocenters. The third kappa shape index (κ3) is 4.30. The van der Waals surface area contributed by atoms with Crippen LogP contribution in [0, 0.1) is 0 Å². The van der Waals surface area contributed by atoms with Crippen molar-refractivity contribution < 1.29 is 8.42 Å². The molecule has 0 atom stereocenters. The highest BCUT2D eigenvalue weighted by atomic mass is 32.2. The van der Waals surface area contributed by atoms with Crippen LogP contribution in [0.5, 0.6) is 0 Å². The fraction of sp³-hybridized carbons (Fsp3) is 0.143. The summed E-state index contributed by atoms with van der Waals surface area (Å²) in [5, 5.41) is 0. The molecule has 0 saturated carbocycles. The van der Waals surface area contributed by atoms with Crippen LogP contribution in [-0.4, -0.2) is 14.2 Å². The van der Waals surface area contributed by atoms with E-state index in [1.54, 1.807) is 24.3 Å². The van der Waals surface area contributed by atoms with E-state index in [-0.39, 0.29) is 5.75 Å². The van der Waals surface area contributed by atoms with Crippen LogP contribution in [0.15, 0.2) is 54.6 Å². The Kier molecular flexibility index (Phi) is 4.06. The van der Waals surface area contributed by atoms with Crippen LogP contribution >= 0.6 is 0 Å². The lowest BCUT2D eigenvalue weighted by atomic mass is 10.2. The van der Waals surface area contributed by atoms with E-state index in [9.17, 15) is 8.42 Å². The molecule has 0 saturated heterocycles. The average molecular weight is 276 g/mol. The van der Waals surface area contributed by atoms with Crippen LogP contribution in [0.2, 0.25) is 0 Å². The molecule has 0 aromatic heterocycles. The van der Waals surface area contributed by atoms with E-state index in [2.05, 4.69) is 4.72 Å². The molecule has 4 nitrogen and oxygen atoms in total. The van der Waals surface area contributed by atoms with E-state index in [1.807, 2.05) is 30.3 Å². The Hall–Kier alpha value is -2.01. The zero-order valence-electron chi connectivity index (χ0n) is 10.4. The molecule has 0 radical (unpaired) electrons. The third-order valence-electron chi connectivity index (χ3n) is 2.66. The van der Waals surface area contributed by atoms with Crippen molar-refractivity contribution in [3.63, 3.8) is 0 Å². The SMILES string of the molecule is Nc1cccc(NS(=O)(=O)CCc2ccccc2)c1. The molecule has 0 amide bonds. The molecule has 0 spiro atoms. The first kappa shape index (κ1) is 13.4. The van der Waals surface area contributed by atoms with E-state index in [4.69, 9.17) is 5.73 Å². The lowest BCUT2D eigenvalue weighted by Crippen LogP contribution is -2.18. The van der Waals surface area contributed by atoms with Crippen molar-refractivity contribution in [3.8, 4) is 0 Å². The van der Waals surface area contributed by atoms with Gasteiger partial charge in [0.1, 0.15) is 0 Å². The fourth-order valence-corrected chi connectivity index (χ4v) is 2.82. The molecule has 0 aliphatic carbocycles. The summed E-state index contributed by atoms with van der Waals surface area (Å²) < 4.78 is 26.4. The molecule has 2 rings (SSSR count). The van der Waals surface area contributed by atoms with Crippen molar-refractivity contribution in [2.45, 2.75) is 6.42 Å². The molecule has 2 aromatic rings. The predicted octanol–water partition coefficient (Wildman–Crippen LogP) is 2.25. The maximum absolute atomic E-state index is 11.9. The number of hydrogen-bond donors (Lipinski definition) is 2. The minimum absolute atomic E-state index is 0.0474. The van der Waals surface area contributed by atoms with Gasteiger partial charge in [0.2, 0.25) is 10.0 Å². The summed E-state index contributed by atoms with van der Waals surface area (Å²) >= 11 is 0. The lowest BCUT2D eigenvalue weighted by molar-refractivity contribution is 0.600. The summed E-state index contributed by atoms with van der Waals surface area (Å²) in [5.41, 5.74) is 7.63. The van der Waals surface area contributed by atoms with E-state index < -0.39 is 10.0 Å².